The summed E-state index contributed by atoms with van der Waals surface area (Å²) < 4.78 is 0. The van der Waals surface area contributed by atoms with Crippen LogP contribution < -0.4 is 0 Å². The number of hydrogen-bond donors (Lipinski definition) is 0. The van der Waals surface area contributed by atoms with Gasteiger partial charge < -0.3 is 0 Å². The molecule has 218 valence electrons. The van der Waals surface area contributed by atoms with Gasteiger partial charge in [-0.3, -0.25) is 0 Å². The van der Waals surface area contributed by atoms with Gasteiger partial charge in [-0.15, -0.1) is 0 Å². The van der Waals surface area contributed by atoms with Crippen molar-refractivity contribution in [1.82, 2.24) is 15.0 Å². The maximum Gasteiger partial charge on any atom is 0.164 e. The van der Waals surface area contributed by atoms with Crippen molar-refractivity contribution in [3.63, 3.8) is 0 Å². The van der Waals surface area contributed by atoms with E-state index < -0.39 is 5.41 Å². The fourth-order valence-electron chi connectivity index (χ4n) is 7.99. The lowest BCUT2D eigenvalue weighted by molar-refractivity contribution is 0.794. The van der Waals surface area contributed by atoms with Gasteiger partial charge in [0, 0.05) is 16.7 Å². The molecule has 1 heterocycles. The molecule has 0 N–H and O–H groups in total. The van der Waals surface area contributed by atoms with E-state index in [1.807, 2.05) is 36.4 Å². The van der Waals surface area contributed by atoms with Crippen LogP contribution in [0.2, 0.25) is 0 Å². The Morgan fingerprint density at radius 3 is 1.55 bits per heavy atom. The number of hydrogen-bond acceptors (Lipinski definition) is 3. The van der Waals surface area contributed by atoms with Crippen LogP contribution in [-0.4, -0.2) is 15.0 Å². The molecule has 3 nitrogen and oxygen atoms in total. The molecule has 0 fully saturated rings. The Morgan fingerprint density at radius 1 is 0.340 bits per heavy atom. The summed E-state index contributed by atoms with van der Waals surface area (Å²) in [6.45, 7) is 0. The third-order valence-electron chi connectivity index (χ3n) is 9.94. The lowest BCUT2D eigenvalue weighted by atomic mass is 9.70. The van der Waals surface area contributed by atoms with E-state index in [-0.39, 0.29) is 0 Å². The number of benzene rings is 7. The molecule has 8 aromatic rings. The number of rotatable bonds is 3. The van der Waals surface area contributed by atoms with Crippen molar-refractivity contribution in [2.24, 2.45) is 0 Å². The smallest absolute Gasteiger partial charge is 0.164 e. The highest BCUT2D eigenvalue weighted by Crippen LogP contribution is 2.63. The second-order valence-electron chi connectivity index (χ2n) is 12.3. The van der Waals surface area contributed by atoms with Crippen LogP contribution in [0, 0.1) is 0 Å². The zero-order valence-corrected chi connectivity index (χ0v) is 25.4. The van der Waals surface area contributed by atoms with E-state index in [0.29, 0.717) is 17.5 Å². The number of aromatic nitrogens is 3. The average Bonchev–Trinajstić information content (AvgIpc) is 3.62. The van der Waals surface area contributed by atoms with E-state index in [9.17, 15) is 0 Å². The fraction of sp³-hybridized carbons (Fsp3) is 0.0227. The SMILES string of the molecule is c1ccc(-c2nc(-c3ccccc3)nc(-c3ccc4c(c3)-c3ccccc3C43c4ccccc4-c4c3ccc3ccccc43)n2)cc1. The minimum atomic E-state index is -0.413. The minimum absolute atomic E-state index is 0.413. The second kappa shape index (κ2) is 9.90. The van der Waals surface area contributed by atoms with Crippen molar-refractivity contribution in [3.8, 4) is 56.4 Å². The van der Waals surface area contributed by atoms with Crippen LogP contribution in [0.5, 0.6) is 0 Å². The van der Waals surface area contributed by atoms with Crippen LogP contribution in [0.1, 0.15) is 22.3 Å². The van der Waals surface area contributed by atoms with Crippen molar-refractivity contribution in [2.45, 2.75) is 5.41 Å². The predicted octanol–water partition coefficient (Wildman–Crippen LogP) is 10.4. The van der Waals surface area contributed by atoms with E-state index in [1.165, 1.54) is 55.3 Å². The monoisotopic (exact) mass is 597 g/mol. The molecule has 1 unspecified atom stereocenters. The van der Waals surface area contributed by atoms with E-state index in [1.54, 1.807) is 0 Å². The Balaban J connectivity index is 1.24. The molecular formula is C44H27N3. The van der Waals surface area contributed by atoms with Crippen molar-refractivity contribution in [3.05, 3.63) is 186 Å². The van der Waals surface area contributed by atoms with Gasteiger partial charge >= 0.3 is 0 Å². The topological polar surface area (TPSA) is 38.7 Å². The first-order valence-corrected chi connectivity index (χ1v) is 16.0. The van der Waals surface area contributed by atoms with E-state index >= 15 is 0 Å². The molecule has 7 aromatic carbocycles. The third kappa shape index (κ3) is 3.65. The molecule has 0 bridgehead atoms. The van der Waals surface area contributed by atoms with Gasteiger partial charge in [0.05, 0.1) is 5.41 Å². The molecule has 1 spiro atoms. The normalized spacial score (nSPS) is 15.3. The highest BCUT2D eigenvalue weighted by molar-refractivity contribution is 6.06. The first kappa shape index (κ1) is 26.1. The van der Waals surface area contributed by atoms with Crippen molar-refractivity contribution >= 4 is 10.8 Å². The minimum Gasteiger partial charge on any atom is -0.208 e. The van der Waals surface area contributed by atoms with Crippen LogP contribution in [0.4, 0.5) is 0 Å². The summed E-state index contributed by atoms with van der Waals surface area (Å²) in [4.78, 5) is 15.0. The molecule has 1 aromatic heterocycles. The van der Waals surface area contributed by atoms with Crippen LogP contribution in [0.25, 0.3) is 67.2 Å². The fourth-order valence-corrected chi connectivity index (χ4v) is 7.99. The molecule has 3 heteroatoms. The summed E-state index contributed by atoms with van der Waals surface area (Å²) in [5.74, 6) is 1.99. The lowest BCUT2D eigenvalue weighted by Crippen LogP contribution is -2.25. The Hall–Kier alpha value is -6.19. The largest absolute Gasteiger partial charge is 0.208 e. The van der Waals surface area contributed by atoms with Crippen molar-refractivity contribution in [2.75, 3.05) is 0 Å². The van der Waals surface area contributed by atoms with Crippen LogP contribution in [0.15, 0.2) is 164 Å². The maximum atomic E-state index is 5.05. The summed E-state index contributed by atoms with van der Waals surface area (Å²) in [6.07, 6.45) is 0. The quantitative estimate of drug-likeness (QED) is 0.203. The number of fused-ring (bicyclic) bond motifs is 12. The summed E-state index contributed by atoms with van der Waals surface area (Å²) in [5, 5.41) is 2.56. The molecule has 0 saturated carbocycles. The molecule has 0 aliphatic heterocycles. The zero-order chi connectivity index (χ0) is 31.0. The van der Waals surface area contributed by atoms with Gasteiger partial charge in [-0.05, 0) is 61.3 Å². The van der Waals surface area contributed by atoms with Gasteiger partial charge in [-0.25, -0.2) is 15.0 Å². The first-order chi connectivity index (χ1) is 23.3. The average molecular weight is 598 g/mol. The van der Waals surface area contributed by atoms with Gasteiger partial charge in [0.25, 0.3) is 0 Å². The van der Waals surface area contributed by atoms with Gasteiger partial charge in [0.1, 0.15) is 0 Å². The summed E-state index contributed by atoms with van der Waals surface area (Å²) >= 11 is 0. The second-order valence-corrected chi connectivity index (χ2v) is 12.3. The molecule has 0 saturated heterocycles. The predicted molar refractivity (Wildman–Crippen MR) is 190 cm³/mol. The van der Waals surface area contributed by atoms with Gasteiger partial charge in [0.2, 0.25) is 0 Å². The first-order valence-electron chi connectivity index (χ1n) is 16.0. The standard InChI is InChI=1S/C44H27N3/c1-3-14-29(15-4-1)41-45-42(30-16-5-2-6-17-30)47-43(46-41)31-24-25-38-35(27-31)33-19-9-11-21-36(33)44(38)37-22-12-10-20-34(37)40-32-18-8-7-13-28(32)23-26-39(40)44/h1-27H. The molecule has 2 aliphatic carbocycles. The van der Waals surface area contributed by atoms with Crippen LogP contribution in [-0.2, 0) is 5.41 Å². The Kier molecular flexibility index (Phi) is 5.49. The van der Waals surface area contributed by atoms with Crippen LogP contribution in [0.3, 0.4) is 0 Å². The Bertz CT molecular complexity index is 2460. The van der Waals surface area contributed by atoms with Gasteiger partial charge in [-0.1, -0.05) is 158 Å². The van der Waals surface area contributed by atoms with Crippen molar-refractivity contribution in [1.29, 1.82) is 0 Å². The molecule has 10 rings (SSSR count). The highest BCUT2D eigenvalue weighted by Gasteiger charge is 2.51. The Morgan fingerprint density at radius 2 is 0.851 bits per heavy atom. The summed E-state index contributed by atoms with van der Waals surface area (Å²) in [5.41, 5.74) is 12.9. The van der Waals surface area contributed by atoms with E-state index in [0.717, 1.165) is 16.7 Å². The van der Waals surface area contributed by atoms with E-state index in [2.05, 4.69) is 127 Å². The molecule has 0 amide bonds. The zero-order valence-electron chi connectivity index (χ0n) is 25.4. The highest BCUT2D eigenvalue weighted by atomic mass is 15.0. The lowest BCUT2D eigenvalue weighted by Gasteiger charge is -2.30. The van der Waals surface area contributed by atoms with Gasteiger partial charge in [0.15, 0.2) is 17.5 Å². The van der Waals surface area contributed by atoms with Crippen LogP contribution >= 0.6 is 0 Å². The maximum absolute atomic E-state index is 5.05. The third-order valence-corrected chi connectivity index (χ3v) is 9.94. The molecule has 1 atom stereocenters. The molecule has 0 radical (unpaired) electrons. The van der Waals surface area contributed by atoms with E-state index in [4.69, 9.17) is 15.0 Å². The summed E-state index contributed by atoms with van der Waals surface area (Å²) in [6, 6.07) is 58.4. The Labute approximate surface area is 272 Å². The molecular weight excluding hydrogens is 571 g/mol. The molecule has 47 heavy (non-hydrogen) atoms. The summed E-state index contributed by atoms with van der Waals surface area (Å²) in [7, 11) is 0. The van der Waals surface area contributed by atoms with Gasteiger partial charge in [-0.2, -0.15) is 0 Å². The number of nitrogens with zero attached hydrogens (tertiary/aromatic N) is 3. The molecule has 2 aliphatic rings. The van der Waals surface area contributed by atoms with Crippen molar-refractivity contribution < 1.29 is 0 Å².